The highest BCUT2D eigenvalue weighted by molar-refractivity contribution is 7.89. The Hall–Kier alpha value is -1.44. The maximum Gasteiger partial charge on any atom is 0.253 e. The maximum atomic E-state index is 12.5. The van der Waals surface area contributed by atoms with Crippen molar-refractivity contribution >= 4 is 15.9 Å². The molecule has 1 fully saturated rings. The Balaban J connectivity index is 2.12. The number of hydrogen-bond acceptors (Lipinski definition) is 4. The molecule has 1 aliphatic heterocycles. The minimum absolute atomic E-state index is 0.0618. The molecule has 7 heteroatoms. The van der Waals surface area contributed by atoms with Crippen LogP contribution in [0.3, 0.4) is 0 Å². The summed E-state index contributed by atoms with van der Waals surface area (Å²) < 4.78 is 27.9. The molecule has 0 saturated carbocycles. The van der Waals surface area contributed by atoms with E-state index in [1.54, 1.807) is 17.0 Å². The zero-order valence-corrected chi connectivity index (χ0v) is 15.4. The average molecular weight is 353 g/mol. The van der Waals surface area contributed by atoms with Gasteiger partial charge < -0.3 is 10.2 Å². The van der Waals surface area contributed by atoms with Gasteiger partial charge in [0, 0.05) is 24.7 Å². The number of carbonyl (C=O) groups excluding carboxylic acids is 1. The molecule has 0 aromatic heterocycles. The summed E-state index contributed by atoms with van der Waals surface area (Å²) in [5.41, 5.74) is 0.507. The first kappa shape index (κ1) is 18.9. The fourth-order valence-electron chi connectivity index (χ4n) is 2.93. The minimum Gasteiger partial charge on any atom is -0.339 e. The van der Waals surface area contributed by atoms with Crippen molar-refractivity contribution in [3.05, 3.63) is 29.8 Å². The van der Waals surface area contributed by atoms with Gasteiger partial charge in [-0.25, -0.2) is 13.1 Å². The fraction of sp³-hybridized carbons (Fsp3) is 0.588. The van der Waals surface area contributed by atoms with E-state index >= 15 is 0 Å². The number of nitrogens with one attached hydrogen (secondary N) is 2. The monoisotopic (exact) mass is 353 g/mol. The quantitative estimate of drug-likeness (QED) is 0.811. The Bertz CT molecular complexity index is 654. The molecule has 2 atom stereocenters. The fourth-order valence-corrected chi connectivity index (χ4v) is 4.31. The van der Waals surface area contributed by atoms with Gasteiger partial charge in [0.1, 0.15) is 0 Å². The number of benzene rings is 1. The first-order valence-corrected chi connectivity index (χ1v) is 9.99. The highest BCUT2D eigenvalue weighted by Crippen LogP contribution is 2.17. The smallest absolute Gasteiger partial charge is 0.253 e. The third-order valence-corrected chi connectivity index (χ3v) is 6.06. The SMILES string of the molecule is CCN(CC)C(=O)c1ccc(S(=O)(=O)NC2CCNCC2C)cc1. The molecule has 1 aromatic rings. The molecule has 1 heterocycles. The topological polar surface area (TPSA) is 78.5 Å². The minimum atomic E-state index is -3.57. The second-order valence-corrected chi connectivity index (χ2v) is 7.91. The first-order valence-electron chi connectivity index (χ1n) is 8.51. The third kappa shape index (κ3) is 4.34. The van der Waals surface area contributed by atoms with Gasteiger partial charge in [-0.2, -0.15) is 0 Å². The van der Waals surface area contributed by atoms with Gasteiger partial charge in [-0.05, 0) is 63.5 Å². The lowest BCUT2D eigenvalue weighted by Gasteiger charge is -2.30. The van der Waals surface area contributed by atoms with Gasteiger partial charge in [-0.3, -0.25) is 4.79 Å². The highest BCUT2D eigenvalue weighted by Gasteiger charge is 2.26. The van der Waals surface area contributed by atoms with Gasteiger partial charge in [0.2, 0.25) is 10.0 Å². The summed E-state index contributed by atoms with van der Waals surface area (Å²) in [5, 5.41) is 3.25. The second-order valence-electron chi connectivity index (χ2n) is 6.20. The Kier molecular flexibility index (Phi) is 6.37. The zero-order chi connectivity index (χ0) is 17.7. The molecular formula is C17H27N3O3S. The number of rotatable bonds is 6. The van der Waals surface area contributed by atoms with Gasteiger partial charge in [0.15, 0.2) is 0 Å². The third-order valence-electron chi connectivity index (χ3n) is 4.55. The molecular weight excluding hydrogens is 326 g/mol. The van der Waals surface area contributed by atoms with E-state index in [1.165, 1.54) is 12.1 Å². The van der Waals surface area contributed by atoms with E-state index in [2.05, 4.69) is 10.0 Å². The molecule has 6 nitrogen and oxygen atoms in total. The van der Waals surface area contributed by atoms with Gasteiger partial charge in [0.25, 0.3) is 5.91 Å². The van der Waals surface area contributed by atoms with E-state index in [1.807, 2.05) is 20.8 Å². The molecule has 2 rings (SSSR count). The van der Waals surface area contributed by atoms with Crippen LogP contribution < -0.4 is 10.0 Å². The van der Waals surface area contributed by atoms with Crippen molar-refractivity contribution in [2.24, 2.45) is 5.92 Å². The number of piperidine rings is 1. The largest absolute Gasteiger partial charge is 0.339 e. The van der Waals surface area contributed by atoms with Crippen molar-refractivity contribution in [1.82, 2.24) is 14.9 Å². The molecule has 134 valence electrons. The van der Waals surface area contributed by atoms with Crippen LogP contribution in [-0.2, 0) is 10.0 Å². The zero-order valence-electron chi connectivity index (χ0n) is 14.6. The van der Waals surface area contributed by atoms with Crippen LogP contribution in [0.2, 0.25) is 0 Å². The highest BCUT2D eigenvalue weighted by atomic mass is 32.2. The van der Waals surface area contributed by atoms with Crippen LogP contribution in [0, 0.1) is 5.92 Å². The second kappa shape index (κ2) is 8.09. The average Bonchev–Trinajstić information content (AvgIpc) is 2.58. The summed E-state index contributed by atoms with van der Waals surface area (Å²) in [4.78, 5) is 14.2. The van der Waals surface area contributed by atoms with Crippen LogP contribution >= 0.6 is 0 Å². The summed E-state index contributed by atoms with van der Waals surface area (Å²) in [6.45, 7) is 8.76. The van der Waals surface area contributed by atoms with E-state index in [0.29, 0.717) is 18.7 Å². The Labute approximate surface area is 144 Å². The molecule has 1 saturated heterocycles. The summed E-state index contributed by atoms with van der Waals surface area (Å²) >= 11 is 0. The predicted octanol–water partition coefficient (Wildman–Crippen LogP) is 1.44. The normalized spacial score (nSPS) is 21.5. The molecule has 2 N–H and O–H groups in total. The van der Waals surface area contributed by atoms with Crippen molar-refractivity contribution in [3.63, 3.8) is 0 Å². The van der Waals surface area contributed by atoms with Gasteiger partial charge in [0.05, 0.1) is 4.90 Å². The number of hydrogen-bond donors (Lipinski definition) is 2. The van der Waals surface area contributed by atoms with E-state index in [0.717, 1.165) is 19.5 Å². The van der Waals surface area contributed by atoms with E-state index in [4.69, 9.17) is 0 Å². The first-order chi connectivity index (χ1) is 11.4. The Morgan fingerprint density at radius 1 is 1.25 bits per heavy atom. The molecule has 0 aliphatic carbocycles. The standard InChI is InChI=1S/C17H27N3O3S/c1-4-20(5-2)17(21)14-6-8-15(9-7-14)24(22,23)19-16-10-11-18-12-13(16)3/h6-9,13,16,18-19H,4-5,10-12H2,1-3H3. The van der Waals surface area contributed by atoms with Crippen LogP contribution in [0.4, 0.5) is 0 Å². The summed E-state index contributed by atoms with van der Waals surface area (Å²) in [6, 6.07) is 6.12. The van der Waals surface area contributed by atoms with Crippen molar-refractivity contribution in [2.75, 3.05) is 26.2 Å². The van der Waals surface area contributed by atoms with E-state index < -0.39 is 10.0 Å². The van der Waals surface area contributed by atoms with Crippen LogP contribution in [-0.4, -0.2) is 51.4 Å². The number of amides is 1. The molecule has 1 aromatic carbocycles. The molecule has 1 aliphatic rings. The van der Waals surface area contributed by atoms with Crippen LogP contribution in [0.15, 0.2) is 29.2 Å². The number of nitrogens with zero attached hydrogens (tertiary/aromatic N) is 1. The van der Waals surface area contributed by atoms with Gasteiger partial charge >= 0.3 is 0 Å². The number of sulfonamides is 1. The Morgan fingerprint density at radius 3 is 2.42 bits per heavy atom. The molecule has 1 amide bonds. The molecule has 24 heavy (non-hydrogen) atoms. The van der Waals surface area contributed by atoms with Crippen molar-refractivity contribution in [1.29, 1.82) is 0 Å². The predicted molar refractivity (Wildman–Crippen MR) is 94.5 cm³/mol. The van der Waals surface area contributed by atoms with Crippen molar-refractivity contribution < 1.29 is 13.2 Å². The summed E-state index contributed by atoms with van der Waals surface area (Å²) in [6.07, 6.45) is 0.777. The van der Waals surface area contributed by atoms with Crippen molar-refractivity contribution in [3.8, 4) is 0 Å². The van der Waals surface area contributed by atoms with Crippen LogP contribution in [0.5, 0.6) is 0 Å². The van der Waals surface area contributed by atoms with Crippen molar-refractivity contribution in [2.45, 2.75) is 38.1 Å². The molecule has 0 radical (unpaired) electrons. The van der Waals surface area contributed by atoms with Crippen LogP contribution in [0.25, 0.3) is 0 Å². The Morgan fingerprint density at radius 2 is 1.88 bits per heavy atom. The maximum absolute atomic E-state index is 12.5. The van der Waals surface area contributed by atoms with Gasteiger partial charge in [-0.15, -0.1) is 0 Å². The van der Waals surface area contributed by atoms with E-state index in [-0.39, 0.29) is 22.8 Å². The lowest BCUT2D eigenvalue weighted by atomic mass is 9.97. The van der Waals surface area contributed by atoms with E-state index in [9.17, 15) is 13.2 Å². The van der Waals surface area contributed by atoms with Crippen LogP contribution in [0.1, 0.15) is 37.6 Å². The lowest BCUT2D eigenvalue weighted by Crippen LogP contribution is -2.48. The molecule has 2 unspecified atom stereocenters. The van der Waals surface area contributed by atoms with Gasteiger partial charge in [-0.1, -0.05) is 6.92 Å². The summed E-state index contributed by atoms with van der Waals surface area (Å²) in [7, 11) is -3.57. The molecule has 0 bridgehead atoms. The number of carbonyl (C=O) groups is 1. The molecule has 0 spiro atoms. The summed E-state index contributed by atoms with van der Waals surface area (Å²) in [5.74, 6) is 0.168. The lowest BCUT2D eigenvalue weighted by molar-refractivity contribution is 0.0773.